The molecule has 7 N–H and O–H groups in total. The molecule has 2 saturated heterocycles. The molecule has 70 heavy (non-hydrogen) atoms. The van der Waals surface area contributed by atoms with Crippen molar-refractivity contribution in [2.24, 2.45) is 0 Å². The molecule has 0 radical (unpaired) electrons. The fourth-order valence-electron chi connectivity index (χ4n) is 7.58. The zero-order chi connectivity index (χ0) is 51.0. The summed E-state index contributed by atoms with van der Waals surface area (Å²) in [6, 6.07) is 0. The Morgan fingerprint density at radius 2 is 0.900 bits per heavy atom. The van der Waals surface area contributed by atoms with Crippen LogP contribution in [0.1, 0.15) is 155 Å². The minimum atomic E-state index is -1.79. The lowest BCUT2D eigenvalue weighted by atomic mass is 9.98. The monoisotopic (exact) mass is 991 g/mol. The van der Waals surface area contributed by atoms with Crippen molar-refractivity contribution in [3.63, 3.8) is 0 Å². The van der Waals surface area contributed by atoms with Crippen LogP contribution < -0.4 is 0 Å². The Hall–Kier alpha value is -3.32. The number of aliphatic hydroxyl groups is 7. The van der Waals surface area contributed by atoms with Gasteiger partial charge in [0.1, 0.15) is 55.4 Å². The first kappa shape index (κ1) is 62.8. The molecule has 4 unspecified atom stereocenters. The topological polar surface area (TPSA) is 231 Å². The van der Waals surface area contributed by atoms with Gasteiger partial charge in [-0.2, -0.15) is 0 Å². The second-order valence-corrected chi connectivity index (χ2v) is 18.0. The van der Waals surface area contributed by atoms with Gasteiger partial charge in [0, 0.05) is 12.8 Å². The van der Waals surface area contributed by atoms with E-state index in [1.54, 1.807) is 0 Å². The molecule has 0 bridgehead atoms. The van der Waals surface area contributed by atoms with Crippen molar-refractivity contribution >= 4 is 11.9 Å². The molecular formula is C55H90O15. The molecule has 0 aliphatic carbocycles. The summed E-state index contributed by atoms with van der Waals surface area (Å²) >= 11 is 0. The third-order valence-corrected chi connectivity index (χ3v) is 11.9. The molecule has 0 saturated carbocycles. The molecule has 2 aliphatic heterocycles. The Kier molecular flexibility index (Phi) is 36.9. The number of rotatable bonds is 39. The van der Waals surface area contributed by atoms with E-state index in [1.807, 2.05) is 18.2 Å². The standard InChI is InChI=1S/C55H90O15/c1-3-5-7-9-11-13-15-17-19-21-23-25-27-29-31-33-35-37-46(57)65-40-43(68-47(58)38-36-34-32-30-28-26-24-22-20-18-16-14-12-10-8-6-4-2)41-66-54-53(64)51(62)49(60)45(70-54)42-67-55-52(63)50(61)48(59)44(39-56)69-55/h6,8,12,14,18,20,23-26,29-32,43-45,48-56,59-64H,3-5,7,9-11,13,15-17,19,21-22,27-28,33-42H2,1-2H3/b8-6+,14-12+,20-18+,25-23+,26-24+,31-29+,32-30+/t43-,44+,45+,48-,49-,50?,51?,52?,53?,54+,55+/m0/s1. The van der Waals surface area contributed by atoms with E-state index in [-0.39, 0.29) is 19.4 Å². The zero-order valence-corrected chi connectivity index (χ0v) is 42.2. The highest BCUT2D eigenvalue weighted by molar-refractivity contribution is 5.70. The van der Waals surface area contributed by atoms with Crippen LogP contribution in [0.15, 0.2) is 85.1 Å². The lowest BCUT2D eigenvalue weighted by molar-refractivity contribution is -0.332. The normalized spacial score (nSPS) is 26.1. The fourth-order valence-corrected chi connectivity index (χ4v) is 7.58. The largest absolute Gasteiger partial charge is 0.462 e. The number of esters is 2. The number of carbonyl (C=O) groups is 2. The Labute approximate surface area is 418 Å². The van der Waals surface area contributed by atoms with Crippen molar-refractivity contribution in [3.05, 3.63) is 85.1 Å². The van der Waals surface area contributed by atoms with Gasteiger partial charge in [0.25, 0.3) is 0 Å². The molecule has 0 aromatic heterocycles. The molecule has 15 heteroatoms. The van der Waals surface area contributed by atoms with E-state index in [0.717, 1.165) is 44.9 Å². The maximum absolute atomic E-state index is 13.0. The van der Waals surface area contributed by atoms with Crippen LogP contribution in [0, 0.1) is 0 Å². The first-order valence-corrected chi connectivity index (χ1v) is 26.2. The van der Waals surface area contributed by atoms with Crippen LogP contribution in [0.2, 0.25) is 0 Å². The van der Waals surface area contributed by atoms with E-state index in [9.17, 15) is 45.3 Å². The summed E-state index contributed by atoms with van der Waals surface area (Å²) in [6.07, 6.45) is 33.4. The summed E-state index contributed by atoms with van der Waals surface area (Å²) in [5, 5.41) is 72.1. The highest BCUT2D eigenvalue weighted by atomic mass is 16.7. The van der Waals surface area contributed by atoms with Gasteiger partial charge in [-0.3, -0.25) is 9.59 Å². The number of ether oxygens (including phenoxy) is 6. The summed E-state index contributed by atoms with van der Waals surface area (Å²) in [5.41, 5.74) is 0. The van der Waals surface area contributed by atoms with Gasteiger partial charge >= 0.3 is 11.9 Å². The van der Waals surface area contributed by atoms with E-state index < -0.39 is 99.3 Å². The van der Waals surface area contributed by atoms with Gasteiger partial charge in [0.15, 0.2) is 18.7 Å². The van der Waals surface area contributed by atoms with Gasteiger partial charge in [0.05, 0.1) is 19.8 Å². The first-order valence-electron chi connectivity index (χ1n) is 26.2. The lowest BCUT2D eigenvalue weighted by Gasteiger charge is -2.42. The van der Waals surface area contributed by atoms with Crippen LogP contribution in [0.5, 0.6) is 0 Å². The minimum absolute atomic E-state index is 0.0738. The van der Waals surface area contributed by atoms with Crippen LogP contribution in [0.4, 0.5) is 0 Å². The minimum Gasteiger partial charge on any atom is -0.462 e. The van der Waals surface area contributed by atoms with E-state index in [4.69, 9.17) is 28.4 Å². The van der Waals surface area contributed by atoms with E-state index in [2.05, 4.69) is 80.7 Å². The Balaban J connectivity index is 1.85. The van der Waals surface area contributed by atoms with Crippen LogP contribution in [0.25, 0.3) is 0 Å². The Morgan fingerprint density at radius 1 is 0.471 bits per heavy atom. The second-order valence-electron chi connectivity index (χ2n) is 18.0. The molecule has 2 fully saturated rings. The van der Waals surface area contributed by atoms with Crippen molar-refractivity contribution in [2.45, 2.75) is 223 Å². The molecule has 0 amide bonds. The van der Waals surface area contributed by atoms with Gasteiger partial charge < -0.3 is 64.2 Å². The lowest BCUT2D eigenvalue weighted by Crippen LogP contribution is -2.61. The summed E-state index contributed by atoms with van der Waals surface area (Å²) in [5.74, 6) is -1.05. The Morgan fingerprint density at radius 3 is 1.41 bits per heavy atom. The molecular weight excluding hydrogens is 901 g/mol. The van der Waals surface area contributed by atoms with Crippen LogP contribution in [0.3, 0.4) is 0 Å². The summed E-state index contributed by atoms with van der Waals surface area (Å²) in [7, 11) is 0. The van der Waals surface area contributed by atoms with Crippen LogP contribution in [-0.2, 0) is 38.0 Å². The molecule has 0 aromatic carbocycles. The summed E-state index contributed by atoms with van der Waals surface area (Å²) in [4.78, 5) is 25.7. The number of hydrogen-bond donors (Lipinski definition) is 7. The van der Waals surface area contributed by atoms with Gasteiger partial charge in [-0.15, -0.1) is 0 Å². The third kappa shape index (κ3) is 28.7. The fraction of sp³-hybridized carbons (Fsp3) is 0.709. The predicted molar refractivity (Wildman–Crippen MR) is 270 cm³/mol. The quantitative estimate of drug-likeness (QED) is 0.0179. The highest BCUT2D eigenvalue weighted by Gasteiger charge is 2.47. The van der Waals surface area contributed by atoms with Crippen molar-refractivity contribution in [2.75, 3.05) is 26.4 Å². The molecule has 15 nitrogen and oxygen atoms in total. The predicted octanol–water partition coefficient (Wildman–Crippen LogP) is 7.60. The number of hydrogen-bond acceptors (Lipinski definition) is 15. The molecule has 0 spiro atoms. The summed E-state index contributed by atoms with van der Waals surface area (Å²) in [6.45, 7) is 2.36. The molecule has 2 heterocycles. The van der Waals surface area contributed by atoms with Crippen LogP contribution in [-0.4, -0.2) is 142 Å². The molecule has 400 valence electrons. The number of allylic oxidation sites excluding steroid dienone is 14. The number of carbonyl (C=O) groups excluding carboxylic acids is 2. The van der Waals surface area contributed by atoms with Crippen LogP contribution >= 0.6 is 0 Å². The summed E-state index contributed by atoms with van der Waals surface area (Å²) < 4.78 is 33.5. The number of unbranched alkanes of at least 4 members (excludes halogenated alkanes) is 11. The SMILES string of the molecule is CC/C=C/C/C=C/C/C=C/C/C=C/C/C=C/CCCC(=O)O[C@@H](COC(=O)CCC/C=C/C/C=C/CCCCCCCCCCC)CO[C@@H]1O[C@H](CO[C@@H]2O[C@H](CO)[C@H](O)C(O)C2O)[C@H](O)C(O)C1O. The van der Waals surface area contributed by atoms with E-state index >= 15 is 0 Å². The van der Waals surface area contributed by atoms with Crippen molar-refractivity contribution in [1.82, 2.24) is 0 Å². The Bertz CT molecular complexity index is 1540. The molecule has 11 atom stereocenters. The molecule has 2 aliphatic rings. The zero-order valence-electron chi connectivity index (χ0n) is 42.2. The molecule has 0 aromatic rings. The third-order valence-electron chi connectivity index (χ3n) is 11.9. The van der Waals surface area contributed by atoms with Gasteiger partial charge in [0.2, 0.25) is 0 Å². The van der Waals surface area contributed by atoms with Crippen molar-refractivity contribution in [1.29, 1.82) is 0 Å². The van der Waals surface area contributed by atoms with E-state index in [1.165, 1.54) is 57.8 Å². The average Bonchev–Trinajstić information content (AvgIpc) is 3.35. The highest BCUT2D eigenvalue weighted by Crippen LogP contribution is 2.26. The molecule has 2 rings (SSSR count). The van der Waals surface area contributed by atoms with Crippen molar-refractivity contribution in [3.8, 4) is 0 Å². The van der Waals surface area contributed by atoms with Gasteiger partial charge in [-0.05, 0) is 77.0 Å². The average molecular weight is 991 g/mol. The van der Waals surface area contributed by atoms with Crippen molar-refractivity contribution < 1.29 is 73.8 Å². The van der Waals surface area contributed by atoms with Gasteiger partial charge in [-0.25, -0.2) is 0 Å². The van der Waals surface area contributed by atoms with Gasteiger partial charge in [-0.1, -0.05) is 150 Å². The van der Waals surface area contributed by atoms with E-state index in [0.29, 0.717) is 25.7 Å². The maximum Gasteiger partial charge on any atom is 0.306 e. The smallest absolute Gasteiger partial charge is 0.306 e. The number of aliphatic hydroxyl groups excluding tert-OH is 7. The first-order chi connectivity index (χ1) is 34.0. The maximum atomic E-state index is 13.0. The second kappa shape index (κ2) is 41.2.